The van der Waals surface area contributed by atoms with Crippen LogP contribution in [0.3, 0.4) is 0 Å². The molecular weight excluding hydrogens is 639 g/mol. The van der Waals surface area contributed by atoms with Crippen molar-refractivity contribution in [2.75, 3.05) is 7.11 Å². The van der Waals surface area contributed by atoms with E-state index in [-0.39, 0.29) is 54.3 Å². The average molecular weight is 663 g/mol. The van der Waals surface area contributed by atoms with Crippen molar-refractivity contribution >= 4 is 12.1 Å². The highest BCUT2D eigenvalue weighted by Gasteiger charge is 2.64. The zero-order valence-corrected chi connectivity index (χ0v) is 23.6. The number of carbonyl (C=O) groups excluding carboxylic acids is 1. The number of benzene rings is 2. The summed E-state index contributed by atoms with van der Waals surface area (Å²) in [6.45, 7) is -0.651. The van der Waals surface area contributed by atoms with Gasteiger partial charge >= 0.3 is 30.6 Å². The van der Waals surface area contributed by atoms with Gasteiger partial charge in [0, 0.05) is 17.5 Å². The van der Waals surface area contributed by atoms with Gasteiger partial charge in [-0.1, -0.05) is 12.1 Å². The van der Waals surface area contributed by atoms with E-state index in [1.54, 1.807) is 6.07 Å². The van der Waals surface area contributed by atoms with E-state index >= 15 is 0 Å². The summed E-state index contributed by atoms with van der Waals surface area (Å²) in [5.41, 5.74) is -6.12. The van der Waals surface area contributed by atoms with E-state index in [2.05, 4.69) is 4.98 Å². The molecule has 46 heavy (non-hydrogen) atoms. The molecule has 246 valence electrons. The highest BCUT2D eigenvalue weighted by atomic mass is 19.4. The molecule has 2 heterocycles. The van der Waals surface area contributed by atoms with Gasteiger partial charge in [-0.25, -0.2) is 9.78 Å². The number of hydrogen-bond donors (Lipinski definition) is 1. The minimum Gasteiger partial charge on any atom is -0.496 e. The predicted molar refractivity (Wildman–Crippen MR) is 140 cm³/mol. The minimum atomic E-state index is -5.16. The van der Waals surface area contributed by atoms with Crippen molar-refractivity contribution in [1.82, 2.24) is 9.88 Å². The predicted octanol–water partition coefficient (Wildman–Crippen LogP) is 8.06. The Bertz CT molecular complexity index is 1650. The number of hydrogen-bond acceptors (Lipinski definition) is 5. The number of aryl methyl sites for hydroxylation is 1. The largest absolute Gasteiger partial charge is 0.496 e. The van der Waals surface area contributed by atoms with Crippen molar-refractivity contribution in [1.29, 1.82) is 0 Å². The SMILES string of the molecule is COc1ccc(CCC(=O)O)cc1-c1ccc(C(F)(F)F)nc1CN1C(=O)O[C@H](c2cc(C(F)(F)F)cc(C(F)(F)F)c2)C12CC2. The van der Waals surface area contributed by atoms with Gasteiger partial charge in [-0.3, -0.25) is 9.69 Å². The van der Waals surface area contributed by atoms with Crippen LogP contribution >= 0.6 is 0 Å². The summed E-state index contributed by atoms with van der Waals surface area (Å²) in [6.07, 6.45) is -18.0. The third-order valence-electron chi connectivity index (χ3n) is 7.89. The van der Waals surface area contributed by atoms with Crippen molar-refractivity contribution in [2.45, 2.75) is 62.4 Å². The molecule has 1 aromatic heterocycles. The number of carboxylic acids is 1. The Morgan fingerprint density at radius 1 is 0.935 bits per heavy atom. The molecule has 2 aromatic carbocycles. The van der Waals surface area contributed by atoms with Crippen LogP contribution in [0.5, 0.6) is 5.75 Å². The first-order valence-electron chi connectivity index (χ1n) is 13.6. The van der Waals surface area contributed by atoms with Gasteiger partial charge in [0.25, 0.3) is 0 Å². The van der Waals surface area contributed by atoms with E-state index in [0.29, 0.717) is 23.8 Å². The molecule has 1 spiro atoms. The molecule has 1 saturated carbocycles. The van der Waals surface area contributed by atoms with Crippen LogP contribution in [0.1, 0.15) is 59.0 Å². The highest BCUT2D eigenvalue weighted by Crippen LogP contribution is 2.58. The molecule has 2 fully saturated rings. The molecule has 1 aliphatic carbocycles. The fourth-order valence-corrected chi connectivity index (χ4v) is 5.54. The summed E-state index contributed by atoms with van der Waals surface area (Å²) >= 11 is 0. The van der Waals surface area contributed by atoms with E-state index in [9.17, 15) is 49.1 Å². The van der Waals surface area contributed by atoms with E-state index in [1.807, 2.05) is 0 Å². The molecule has 2 aliphatic rings. The third-order valence-corrected chi connectivity index (χ3v) is 7.89. The highest BCUT2D eigenvalue weighted by molar-refractivity contribution is 5.76. The average Bonchev–Trinajstić information content (AvgIpc) is 3.71. The van der Waals surface area contributed by atoms with Crippen LogP contribution in [0.25, 0.3) is 11.1 Å². The van der Waals surface area contributed by atoms with Gasteiger partial charge in [-0.2, -0.15) is 39.5 Å². The fraction of sp³-hybridized carbons (Fsp3) is 0.367. The van der Waals surface area contributed by atoms with Crippen molar-refractivity contribution < 1.29 is 63.7 Å². The molecule has 1 aliphatic heterocycles. The Kier molecular flexibility index (Phi) is 8.14. The number of nitrogens with zero attached hydrogens (tertiary/aromatic N) is 2. The topological polar surface area (TPSA) is 89.0 Å². The van der Waals surface area contributed by atoms with Crippen molar-refractivity contribution in [3.05, 3.63) is 82.2 Å². The first kappa shape index (κ1) is 32.9. The summed E-state index contributed by atoms with van der Waals surface area (Å²) in [6, 6.07) is 7.17. The molecule has 1 amide bonds. The second kappa shape index (κ2) is 11.4. The molecule has 0 radical (unpaired) electrons. The van der Waals surface area contributed by atoms with Crippen LogP contribution in [0.4, 0.5) is 44.3 Å². The van der Waals surface area contributed by atoms with E-state index in [1.165, 1.54) is 19.2 Å². The molecule has 7 nitrogen and oxygen atoms in total. The van der Waals surface area contributed by atoms with Gasteiger partial charge in [-0.15, -0.1) is 0 Å². The van der Waals surface area contributed by atoms with Gasteiger partial charge in [0.1, 0.15) is 11.4 Å². The number of halogens is 9. The quantitative estimate of drug-likeness (QED) is 0.246. The summed E-state index contributed by atoms with van der Waals surface area (Å²) < 4.78 is 133. The second-order valence-corrected chi connectivity index (χ2v) is 10.9. The molecule has 0 bridgehead atoms. The summed E-state index contributed by atoms with van der Waals surface area (Å²) in [4.78, 5) is 29.0. The zero-order valence-electron chi connectivity index (χ0n) is 23.6. The van der Waals surface area contributed by atoms with Crippen molar-refractivity contribution in [3.63, 3.8) is 0 Å². The maximum atomic E-state index is 13.8. The monoisotopic (exact) mass is 662 g/mol. The van der Waals surface area contributed by atoms with Gasteiger partial charge in [0.15, 0.2) is 6.10 Å². The summed E-state index contributed by atoms with van der Waals surface area (Å²) in [7, 11) is 1.29. The number of carboxylic acid groups (broad SMARTS) is 1. The number of alkyl halides is 9. The third kappa shape index (κ3) is 6.42. The lowest BCUT2D eigenvalue weighted by Gasteiger charge is -2.26. The zero-order chi connectivity index (χ0) is 33.8. The maximum absolute atomic E-state index is 13.8. The summed E-state index contributed by atoms with van der Waals surface area (Å²) in [5.74, 6) is -0.914. The lowest BCUT2D eigenvalue weighted by molar-refractivity contribution is -0.143. The number of pyridine rings is 1. The number of rotatable bonds is 8. The number of methoxy groups -OCH3 is 1. The van der Waals surface area contributed by atoms with Crippen molar-refractivity contribution in [2.24, 2.45) is 0 Å². The van der Waals surface area contributed by atoms with Crippen LogP contribution in [-0.2, 0) is 41.0 Å². The minimum absolute atomic E-state index is 0.0611. The Morgan fingerprint density at radius 2 is 1.57 bits per heavy atom. The smallest absolute Gasteiger partial charge is 0.433 e. The maximum Gasteiger partial charge on any atom is 0.433 e. The van der Waals surface area contributed by atoms with Crippen molar-refractivity contribution in [3.8, 4) is 16.9 Å². The van der Waals surface area contributed by atoms with E-state index in [0.717, 1.165) is 11.0 Å². The number of aliphatic carboxylic acids is 1. The second-order valence-electron chi connectivity index (χ2n) is 10.9. The Labute approximate surface area is 254 Å². The molecular formula is C30H23F9N2O5. The Hall–Kier alpha value is -4.50. The number of ether oxygens (including phenoxy) is 2. The molecule has 1 saturated heterocycles. The Balaban J connectivity index is 1.58. The lowest BCUT2D eigenvalue weighted by atomic mass is 9.94. The fourth-order valence-electron chi connectivity index (χ4n) is 5.54. The Morgan fingerprint density at radius 3 is 2.09 bits per heavy atom. The standard InChI is InChI=1S/C30H23F9N2O5/c1-45-22-5-2-15(3-7-24(42)43)10-20(22)19-4-6-23(30(37,38)39)40-21(19)14-41-26(44)46-25(27(41)8-9-27)16-11-17(28(31,32)33)13-18(12-16)29(34,35)36/h2,4-6,10-13,25H,3,7-9,14H2,1H3,(H,42,43)/t25-/m1/s1. The van der Waals surface area contributed by atoms with Gasteiger partial charge in [0.2, 0.25) is 0 Å². The first-order chi connectivity index (χ1) is 21.3. The van der Waals surface area contributed by atoms with Gasteiger partial charge < -0.3 is 14.6 Å². The normalized spacial score (nSPS) is 17.7. The lowest BCUT2D eigenvalue weighted by Crippen LogP contribution is -2.36. The number of aromatic nitrogens is 1. The molecule has 0 unspecified atom stereocenters. The van der Waals surface area contributed by atoms with Gasteiger partial charge in [-0.05, 0) is 66.8 Å². The molecule has 3 aromatic rings. The molecule has 1 N–H and O–H groups in total. The summed E-state index contributed by atoms with van der Waals surface area (Å²) in [5, 5.41) is 9.06. The number of carbonyl (C=O) groups is 2. The van der Waals surface area contributed by atoms with E-state index < -0.39 is 71.2 Å². The molecule has 1 atom stereocenters. The van der Waals surface area contributed by atoms with Crippen LogP contribution in [0, 0.1) is 0 Å². The van der Waals surface area contributed by atoms with Crippen LogP contribution < -0.4 is 4.74 Å². The number of cyclic esters (lactones) is 1. The van der Waals surface area contributed by atoms with Crippen LogP contribution in [-0.4, -0.2) is 39.7 Å². The molecule has 16 heteroatoms. The van der Waals surface area contributed by atoms with Gasteiger partial charge in [0.05, 0.1) is 36.0 Å². The number of amides is 1. The van der Waals surface area contributed by atoms with Crippen LogP contribution in [0.15, 0.2) is 48.5 Å². The first-order valence-corrected chi connectivity index (χ1v) is 13.6. The van der Waals surface area contributed by atoms with Crippen LogP contribution in [0.2, 0.25) is 0 Å². The molecule has 5 rings (SSSR count). The van der Waals surface area contributed by atoms with E-state index in [4.69, 9.17) is 14.6 Å².